The Morgan fingerprint density at radius 2 is 0.667 bits per heavy atom. The van der Waals surface area contributed by atoms with E-state index in [-0.39, 0.29) is 22.3 Å². The molecule has 0 unspecified atom stereocenters. The molecule has 0 aromatic heterocycles. The SMILES string of the molecule is CC(C)(C)c1cc(C(C)(C)C)c(OP(=O)(Oc2c(C(C)(C)C)cc(C(C)(C)C)cc2C(C)(C)C)OP(=O)(O)O)c(C(C)(C)C)c1.OCC(CO)(CO)CO. The third-order valence-corrected chi connectivity index (χ3v) is 11.6. The molecule has 0 aliphatic carbocycles. The van der Waals surface area contributed by atoms with Crippen LogP contribution in [0.25, 0.3) is 0 Å². The van der Waals surface area contributed by atoms with Crippen molar-refractivity contribution in [1.29, 1.82) is 0 Å². The highest BCUT2D eigenvalue weighted by atomic mass is 31.3. The van der Waals surface area contributed by atoms with Gasteiger partial charge in [-0.25, -0.2) is 9.13 Å². The molecule has 0 spiro atoms. The van der Waals surface area contributed by atoms with Crippen molar-refractivity contribution in [3.8, 4) is 11.5 Å². The second-order valence-electron chi connectivity index (χ2n) is 20.6. The summed E-state index contributed by atoms with van der Waals surface area (Å²) >= 11 is 0. The summed E-state index contributed by atoms with van der Waals surface area (Å²) in [4.78, 5) is 20.2. The Kier molecular flexibility index (Phi) is 15.8. The molecule has 0 saturated carbocycles. The highest BCUT2D eigenvalue weighted by Crippen LogP contribution is 2.63. The van der Waals surface area contributed by atoms with Gasteiger partial charge in [0.15, 0.2) is 0 Å². The Balaban J connectivity index is 0.00000143. The zero-order chi connectivity index (χ0) is 42.9. The van der Waals surface area contributed by atoms with Crippen molar-refractivity contribution in [3.05, 3.63) is 57.6 Å². The molecule has 2 rings (SSSR count). The summed E-state index contributed by atoms with van der Waals surface area (Å²) in [7, 11) is -10.4. The predicted molar refractivity (Wildman–Crippen MR) is 218 cm³/mol. The van der Waals surface area contributed by atoms with Gasteiger partial charge >= 0.3 is 15.6 Å². The molecule has 2 aromatic carbocycles. The summed E-state index contributed by atoms with van der Waals surface area (Å²) in [6.07, 6.45) is 0. The lowest BCUT2D eigenvalue weighted by atomic mass is 9.75. The largest absolute Gasteiger partial charge is 0.596 e. The first-order chi connectivity index (χ1) is 23.8. The Labute approximate surface area is 325 Å². The maximum absolute atomic E-state index is 14.9. The molecule has 312 valence electrons. The third kappa shape index (κ3) is 13.7. The summed E-state index contributed by atoms with van der Waals surface area (Å²) in [5.41, 5.74) is 1.52. The minimum Gasteiger partial charge on any atom is -0.396 e. The standard InChI is InChI=1S/C36H60O7P2.C5H12O4/c1-31(2,3)23-19-25(33(7,8)9)29(26(20-23)34(10,11)12)41-45(40,43-44(37,38)39)42-30-27(35(13,14)15)21-24(32(4,5)6)22-28(30)36(16,17)18;6-1-5(2-7,3-8)4-9/h19-22H,1-18H3,(H2,37,38,39);6-9H,1-4H2. The molecule has 0 saturated heterocycles. The zero-order valence-corrected chi connectivity index (χ0v) is 38.0. The van der Waals surface area contributed by atoms with Crippen molar-refractivity contribution in [2.24, 2.45) is 5.41 Å². The fourth-order valence-electron chi connectivity index (χ4n) is 5.25. The number of phosphoric ester groups is 1. The van der Waals surface area contributed by atoms with Gasteiger partial charge in [-0.2, -0.15) is 4.31 Å². The van der Waals surface area contributed by atoms with E-state index in [1.54, 1.807) is 0 Å². The first-order valence-electron chi connectivity index (χ1n) is 18.4. The molecule has 11 nitrogen and oxygen atoms in total. The minimum atomic E-state index is -5.37. The molecule has 0 fully saturated rings. The van der Waals surface area contributed by atoms with Gasteiger partial charge in [-0.1, -0.05) is 149 Å². The number of hydrogen-bond acceptors (Lipinski definition) is 9. The van der Waals surface area contributed by atoms with Crippen LogP contribution in [0.15, 0.2) is 24.3 Å². The normalized spacial score (nSPS) is 14.1. The van der Waals surface area contributed by atoms with Gasteiger partial charge in [0.05, 0.1) is 31.8 Å². The van der Waals surface area contributed by atoms with Gasteiger partial charge in [-0.05, 0) is 43.6 Å². The molecule has 13 heteroatoms. The van der Waals surface area contributed by atoms with Crippen LogP contribution in [0.3, 0.4) is 0 Å². The molecular formula is C41H72O11P2. The van der Waals surface area contributed by atoms with E-state index < -0.39 is 69.1 Å². The molecule has 0 radical (unpaired) electrons. The molecule has 0 atom stereocenters. The highest BCUT2D eigenvalue weighted by Gasteiger charge is 2.45. The van der Waals surface area contributed by atoms with Gasteiger partial charge in [-0.3, -0.25) is 0 Å². The minimum absolute atomic E-state index is 0.209. The Morgan fingerprint density at radius 3 is 0.796 bits per heavy atom. The maximum Gasteiger partial charge on any atom is 0.596 e. The van der Waals surface area contributed by atoms with E-state index in [1.807, 2.05) is 107 Å². The monoisotopic (exact) mass is 802 g/mol. The van der Waals surface area contributed by atoms with Crippen LogP contribution in [0.4, 0.5) is 0 Å². The van der Waals surface area contributed by atoms with Gasteiger partial charge in [-0.15, -0.1) is 0 Å². The molecule has 54 heavy (non-hydrogen) atoms. The topological polar surface area (TPSA) is 183 Å². The van der Waals surface area contributed by atoms with E-state index in [4.69, 9.17) is 33.8 Å². The number of aliphatic hydroxyl groups excluding tert-OH is 4. The van der Waals surface area contributed by atoms with Crippen LogP contribution in [-0.2, 0) is 45.9 Å². The molecule has 0 heterocycles. The molecule has 0 aliphatic heterocycles. The molecule has 0 aliphatic rings. The van der Waals surface area contributed by atoms with E-state index in [9.17, 15) is 18.9 Å². The van der Waals surface area contributed by atoms with Gasteiger partial charge in [0.25, 0.3) is 0 Å². The van der Waals surface area contributed by atoms with Crippen LogP contribution in [0.5, 0.6) is 11.5 Å². The van der Waals surface area contributed by atoms with Gasteiger partial charge in [0, 0.05) is 22.3 Å². The lowest BCUT2D eigenvalue weighted by molar-refractivity contribution is -0.0328. The highest BCUT2D eigenvalue weighted by molar-refractivity contribution is 7.61. The Bertz CT molecular complexity index is 1480. The lowest BCUT2D eigenvalue weighted by Gasteiger charge is -2.35. The number of phosphoric acid groups is 2. The summed E-state index contributed by atoms with van der Waals surface area (Å²) in [5, 5.41) is 34.0. The second-order valence-corrected chi connectivity index (χ2v) is 23.5. The molecule has 2 aromatic rings. The molecular weight excluding hydrogens is 730 g/mol. The van der Waals surface area contributed by atoms with Crippen LogP contribution in [0, 0.1) is 5.41 Å². The summed E-state index contributed by atoms with van der Waals surface area (Å²) in [6, 6.07) is 8.08. The number of aliphatic hydroxyl groups is 4. The van der Waals surface area contributed by atoms with Crippen molar-refractivity contribution < 1.29 is 52.7 Å². The van der Waals surface area contributed by atoms with E-state index >= 15 is 0 Å². The van der Waals surface area contributed by atoms with Crippen LogP contribution < -0.4 is 9.05 Å². The van der Waals surface area contributed by atoms with E-state index in [1.165, 1.54) is 0 Å². The average molecular weight is 803 g/mol. The average Bonchev–Trinajstić information content (AvgIpc) is 2.94. The number of benzene rings is 2. The van der Waals surface area contributed by atoms with Crippen LogP contribution in [-0.4, -0.2) is 56.6 Å². The quantitative estimate of drug-likeness (QED) is 0.126. The lowest BCUT2D eigenvalue weighted by Crippen LogP contribution is -2.37. The van der Waals surface area contributed by atoms with Crippen molar-refractivity contribution in [3.63, 3.8) is 0 Å². The van der Waals surface area contributed by atoms with Crippen molar-refractivity contribution in [2.45, 2.75) is 157 Å². The first kappa shape index (κ1) is 50.2. The molecule has 6 N–H and O–H groups in total. The van der Waals surface area contributed by atoms with Crippen molar-refractivity contribution in [1.82, 2.24) is 0 Å². The third-order valence-electron chi connectivity index (χ3n) is 9.10. The summed E-state index contributed by atoms with van der Waals surface area (Å²) in [6.45, 7) is 35.3. The zero-order valence-electron chi connectivity index (χ0n) is 36.3. The van der Waals surface area contributed by atoms with Crippen molar-refractivity contribution >= 4 is 15.6 Å². The van der Waals surface area contributed by atoms with Crippen LogP contribution >= 0.6 is 15.6 Å². The Hall–Kier alpha value is -1.78. The summed E-state index contributed by atoms with van der Waals surface area (Å²) in [5.74, 6) is 0.474. The second kappa shape index (κ2) is 17.0. The Morgan fingerprint density at radius 1 is 0.444 bits per heavy atom. The fourth-order valence-corrected chi connectivity index (χ4v) is 7.44. The number of hydrogen-bond donors (Lipinski definition) is 6. The van der Waals surface area contributed by atoms with Crippen molar-refractivity contribution in [2.75, 3.05) is 26.4 Å². The number of rotatable bonds is 10. The first-order valence-corrected chi connectivity index (χ1v) is 21.4. The molecule has 0 bridgehead atoms. The molecule has 0 amide bonds. The van der Waals surface area contributed by atoms with Gasteiger partial charge in [0.1, 0.15) is 11.5 Å². The summed E-state index contributed by atoms with van der Waals surface area (Å²) < 4.78 is 45.1. The van der Waals surface area contributed by atoms with Gasteiger partial charge < -0.3 is 39.3 Å². The van der Waals surface area contributed by atoms with E-state index in [0.717, 1.165) is 33.4 Å². The van der Waals surface area contributed by atoms with E-state index in [2.05, 4.69) is 41.5 Å². The smallest absolute Gasteiger partial charge is 0.396 e. The van der Waals surface area contributed by atoms with Crippen LogP contribution in [0.2, 0.25) is 0 Å². The van der Waals surface area contributed by atoms with Gasteiger partial charge in [0.2, 0.25) is 0 Å². The maximum atomic E-state index is 14.9. The van der Waals surface area contributed by atoms with Crippen LogP contribution in [0.1, 0.15) is 158 Å². The van der Waals surface area contributed by atoms with E-state index in [0.29, 0.717) is 0 Å². The predicted octanol–water partition coefficient (Wildman–Crippen LogP) is 9.09. The fraction of sp³-hybridized carbons (Fsp3) is 0.707.